The van der Waals surface area contributed by atoms with E-state index in [0.717, 1.165) is 17.9 Å². The second-order valence-corrected chi connectivity index (χ2v) is 9.80. The number of ether oxygens (including phenoxy) is 1. The molecular formula is C20H24ClFN2O4S. The molecule has 0 radical (unpaired) electrons. The average Bonchev–Trinajstić information content (AvgIpc) is 2.60. The Balaban J connectivity index is 1.91. The Bertz CT molecular complexity index is 964. The number of carbonyl (C=O) groups is 1. The largest absolute Gasteiger partial charge is 0.484 e. The summed E-state index contributed by atoms with van der Waals surface area (Å²) < 4.78 is 44.1. The Labute approximate surface area is 175 Å². The number of hydrogen-bond acceptors (Lipinski definition) is 4. The van der Waals surface area contributed by atoms with E-state index in [-0.39, 0.29) is 35.2 Å². The lowest BCUT2D eigenvalue weighted by Gasteiger charge is -2.19. The number of sulfonamides is 1. The summed E-state index contributed by atoms with van der Waals surface area (Å²) in [4.78, 5) is 12.0. The van der Waals surface area contributed by atoms with Crippen molar-refractivity contribution in [2.45, 2.75) is 32.7 Å². The van der Waals surface area contributed by atoms with E-state index in [0.29, 0.717) is 11.3 Å². The van der Waals surface area contributed by atoms with E-state index in [4.69, 9.17) is 16.3 Å². The van der Waals surface area contributed by atoms with Crippen molar-refractivity contribution in [3.63, 3.8) is 0 Å². The van der Waals surface area contributed by atoms with E-state index in [9.17, 15) is 17.6 Å². The summed E-state index contributed by atoms with van der Waals surface area (Å²) in [6.45, 7) is 6.14. The summed E-state index contributed by atoms with van der Waals surface area (Å²) in [6.07, 6.45) is 0.896. The molecular weight excluding hydrogens is 419 g/mol. The lowest BCUT2D eigenvalue weighted by molar-refractivity contribution is -0.123. The van der Waals surface area contributed by atoms with Crippen LogP contribution in [-0.2, 0) is 26.8 Å². The van der Waals surface area contributed by atoms with Gasteiger partial charge in [-0.3, -0.25) is 9.52 Å². The lowest BCUT2D eigenvalue weighted by atomic mass is 9.87. The molecule has 2 aromatic rings. The van der Waals surface area contributed by atoms with E-state index in [1.165, 1.54) is 6.07 Å². The van der Waals surface area contributed by atoms with Crippen LogP contribution < -0.4 is 14.8 Å². The number of halogens is 2. The first-order chi connectivity index (χ1) is 13.3. The van der Waals surface area contributed by atoms with Gasteiger partial charge in [-0.2, -0.15) is 0 Å². The van der Waals surface area contributed by atoms with Crippen molar-refractivity contribution in [1.82, 2.24) is 5.32 Å². The van der Waals surface area contributed by atoms with Crippen molar-refractivity contribution in [3.8, 4) is 5.75 Å². The molecule has 0 aromatic heterocycles. The summed E-state index contributed by atoms with van der Waals surface area (Å²) in [6, 6.07) is 9.98. The van der Waals surface area contributed by atoms with Crippen LogP contribution in [0.25, 0.3) is 0 Å². The molecule has 0 heterocycles. The van der Waals surface area contributed by atoms with Crippen LogP contribution in [0.4, 0.5) is 10.1 Å². The summed E-state index contributed by atoms with van der Waals surface area (Å²) in [7, 11) is -3.67. The molecule has 2 N–H and O–H groups in total. The van der Waals surface area contributed by atoms with Crippen LogP contribution in [0.1, 0.15) is 31.9 Å². The third-order valence-corrected chi connectivity index (χ3v) is 4.84. The van der Waals surface area contributed by atoms with Gasteiger partial charge in [-0.05, 0) is 40.8 Å². The summed E-state index contributed by atoms with van der Waals surface area (Å²) in [5.74, 6) is -0.652. The quantitative estimate of drug-likeness (QED) is 0.682. The second-order valence-electron chi connectivity index (χ2n) is 7.65. The number of carbonyl (C=O) groups excluding carboxylic acids is 1. The fourth-order valence-electron chi connectivity index (χ4n) is 2.46. The van der Waals surface area contributed by atoms with Crippen molar-refractivity contribution in [2.24, 2.45) is 0 Å². The van der Waals surface area contributed by atoms with Crippen molar-refractivity contribution in [1.29, 1.82) is 0 Å². The summed E-state index contributed by atoms with van der Waals surface area (Å²) in [5.41, 5.74) is 1.24. The highest BCUT2D eigenvalue weighted by Gasteiger charge is 2.15. The van der Waals surface area contributed by atoms with Crippen molar-refractivity contribution < 1.29 is 22.3 Å². The Morgan fingerprint density at radius 2 is 1.79 bits per heavy atom. The van der Waals surface area contributed by atoms with Gasteiger partial charge in [0.15, 0.2) is 6.61 Å². The molecule has 9 heteroatoms. The molecule has 0 saturated carbocycles. The molecule has 6 nitrogen and oxygen atoms in total. The zero-order valence-corrected chi connectivity index (χ0v) is 18.2. The minimum atomic E-state index is -3.67. The van der Waals surface area contributed by atoms with Gasteiger partial charge in [0.05, 0.1) is 11.3 Å². The van der Waals surface area contributed by atoms with E-state index in [2.05, 4.69) is 26.1 Å². The number of anilines is 1. The van der Waals surface area contributed by atoms with Gasteiger partial charge in [0, 0.05) is 6.54 Å². The third kappa shape index (κ3) is 7.21. The number of amides is 1. The first-order valence-corrected chi connectivity index (χ1v) is 11.1. The number of rotatable bonds is 7. The van der Waals surface area contributed by atoms with Crippen LogP contribution in [0.15, 0.2) is 36.4 Å². The molecule has 0 atom stereocenters. The van der Waals surface area contributed by atoms with Crippen molar-refractivity contribution >= 4 is 33.2 Å². The molecule has 2 aromatic carbocycles. The molecule has 0 bridgehead atoms. The molecule has 29 heavy (non-hydrogen) atoms. The highest BCUT2D eigenvalue weighted by atomic mass is 35.5. The van der Waals surface area contributed by atoms with Gasteiger partial charge in [0.2, 0.25) is 10.0 Å². The predicted octanol–water partition coefficient (Wildman–Crippen LogP) is 3.84. The van der Waals surface area contributed by atoms with E-state index in [1.807, 2.05) is 16.9 Å². The van der Waals surface area contributed by atoms with Crippen molar-refractivity contribution in [2.75, 3.05) is 17.6 Å². The predicted molar refractivity (Wildman–Crippen MR) is 112 cm³/mol. The molecule has 0 aliphatic carbocycles. The Hall–Kier alpha value is -2.32. The normalized spacial score (nSPS) is 11.8. The minimum Gasteiger partial charge on any atom is -0.484 e. The SMILES string of the molecule is CC(C)(C)c1ccc(OCC(=O)NCc2cc(F)c(NS(C)(=O)=O)c(Cl)c2)cc1. The smallest absolute Gasteiger partial charge is 0.258 e. The zero-order chi connectivity index (χ0) is 21.8. The minimum absolute atomic E-state index is 0.0148. The lowest BCUT2D eigenvalue weighted by Crippen LogP contribution is -2.28. The monoisotopic (exact) mass is 442 g/mol. The third-order valence-electron chi connectivity index (χ3n) is 3.97. The van der Waals surface area contributed by atoms with Crippen LogP contribution in [0.3, 0.4) is 0 Å². The molecule has 0 aliphatic heterocycles. The first kappa shape index (κ1) is 23.0. The maximum absolute atomic E-state index is 14.1. The van der Waals surface area contributed by atoms with Gasteiger partial charge in [-0.1, -0.05) is 44.5 Å². The Morgan fingerprint density at radius 3 is 2.31 bits per heavy atom. The number of nitrogens with one attached hydrogen (secondary N) is 2. The van der Waals surface area contributed by atoms with Gasteiger partial charge in [0.1, 0.15) is 17.3 Å². The average molecular weight is 443 g/mol. The van der Waals surface area contributed by atoms with Crippen LogP contribution in [-0.4, -0.2) is 27.2 Å². The zero-order valence-electron chi connectivity index (χ0n) is 16.7. The molecule has 2 rings (SSSR count). The maximum atomic E-state index is 14.1. The van der Waals surface area contributed by atoms with Gasteiger partial charge < -0.3 is 10.1 Å². The highest BCUT2D eigenvalue weighted by molar-refractivity contribution is 7.92. The van der Waals surface area contributed by atoms with Gasteiger partial charge in [-0.15, -0.1) is 0 Å². The summed E-state index contributed by atoms with van der Waals surface area (Å²) in [5, 5.41) is 2.50. The van der Waals surface area contributed by atoms with E-state index < -0.39 is 15.8 Å². The second kappa shape index (κ2) is 9.00. The molecule has 0 aliphatic rings. The standard InChI is InChI=1S/C20H24ClFN2O4S/c1-20(2,3)14-5-7-15(8-6-14)28-12-18(25)23-11-13-9-16(21)19(17(22)10-13)24-29(4,26)27/h5-10,24H,11-12H2,1-4H3,(H,23,25). The molecule has 1 amide bonds. The Kier molecular flexibility index (Phi) is 7.13. The number of benzene rings is 2. The van der Waals surface area contributed by atoms with Crippen LogP contribution in [0.5, 0.6) is 5.75 Å². The molecule has 0 fully saturated rings. The van der Waals surface area contributed by atoms with Gasteiger partial charge in [-0.25, -0.2) is 12.8 Å². The Morgan fingerprint density at radius 1 is 1.17 bits per heavy atom. The van der Waals surface area contributed by atoms with Crippen LogP contribution in [0.2, 0.25) is 5.02 Å². The highest BCUT2D eigenvalue weighted by Crippen LogP contribution is 2.28. The molecule has 0 saturated heterocycles. The van der Waals surface area contributed by atoms with Crippen molar-refractivity contribution in [3.05, 3.63) is 58.4 Å². The fourth-order valence-corrected chi connectivity index (χ4v) is 3.37. The summed E-state index contributed by atoms with van der Waals surface area (Å²) >= 11 is 5.94. The van der Waals surface area contributed by atoms with Crippen LogP contribution >= 0.6 is 11.6 Å². The number of hydrogen-bond donors (Lipinski definition) is 2. The fraction of sp³-hybridized carbons (Fsp3) is 0.350. The molecule has 158 valence electrons. The molecule has 0 unspecified atom stereocenters. The maximum Gasteiger partial charge on any atom is 0.258 e. The molecule has 0 spiro atoms. The van der Waals surface area contributed by atoms with E-state index >= 15 is 0 Å². The van der Waals surface area contributed by atoms with Gasteiger partial charge in [0.25, 0.3) is 5.91 Å². The van der Waals surface area contributed by atoms with E-state index in [1.54, 1.807) is 12.1 Å². The topological polar surface area (TPSA) is 84.5 Å². The van der Waals surface area contributed by atoms with Crippen LogP contribution in [0, 0.1) is 5.82 Å². The first-order valence-electron chi connectivity index (χ1n) is 8.81. The van der Waals surface area contributed by atoms with Gasteiger partial charge >= 0.3 is 0 Å².